The van der Waals surface area contributed by atoms with Crippen LogP contribution in [0.1, 0.15) is 0 Å². The maximum atomic E-state index is 13.4. The molecule has 0 aliphatic rings. The van der Waals surface area contributed by atoms with Gasteiger partial charge in [0.2, 0.25) is 8.32 Å². The molecule has 5 heteroatoms. The number of anilines is 1. The molecule has 1 rings (SSSR count). The summed E-state index contributed by atoms with van der Waals surface area (Å²) in [5, 5.41) is 0.280. The SMILES string of the molecule is C[Si](C)(C)Oc1c(N)cc(Cl)cc1F. The molecule has 0 aliphatic heterocycles. The third-order valence-electron chi connectivity index (χ3n) is 1.45. The minimum Gasteiger partial charge on any atom is -0.541 e. The van der Waals surface area contributed by atoms with Crippen molar-refractivity contribution in [2.45, 2.75) is 19.6 Å². The first-order chi connectivity index (χ1) is 6.29. The van der Waals surface area contributed by atoms with Crippen LogP contribution in [-0.4, -0.2) is 8.32 Å². The molecule has 0 saturated carbocycles. The molecule has 0 aliphatic carbocycles. The highest BCUT2D eigenvalue weighted by Gasteiger charge is 2.20. The predicted molar refractivity (Wildman–Crippen MR) is 59.8 cm³/mol. The minimum absolute atomic E-state index is 0.119. The van der Waals surface area contributed by atoms with E-state index in [4.69, 9.17) is 21.8 Å². The number of benzene rings is 1. The van der Waals surface area contributed by atoms with Gasteiger partial charge in [-0.3, -0.25) is 0 Å². The van der Waals surface area contributed by atoms with Gasteiger partial charge in [0.05, 0.1) is 5.69 Å². The summed E-state index contributed by atoms with van der Waals surface area (Å²) in [5.74, 6) is -0.383. The Kier molecular flexibility index (Phi) is 3.06. The molecule has 0 amide bonds. The van der Waals surface area contributed by atoms with Crippen LogP contribution in [0.2, 0.25) is 24.7 Å². The van der Waals surface area contributed by atoms with Crippen LogP contribution in [-0.2, 0) is 0 Å². The van der Waals surface area contributed by atoms with Crippen molar-refractivity contribution in [3.05, 3.63) is 23.0 Å². The van der Waals surface area contributed by atoms with E-state index in [-0.39, 0.29) is 16.5 Å². The van der Waals surface area contributed by atoms with E-state index in [9.17, 15) is 4.39 Å². The van der Waals surface area contributed by atoms with Gasteiger partial charge in [0.1, 0.15) is 0 Å². The monoisotopic (exact) mass is 233 g/mol. The quantitative estimate of drug-likeness (QED) is 0.629. The Labute approximate surface area is 89.0 Å². The summed E-state index contributed by atoms with van der Waals surface area (Å²) >= 11 is 5.63. The number of hydrogen-bond acceptors (Lipinski definition) is 2. The van der Waals surface area contributed by atoms with Gasteiger partial charge >= 0.3 is 0 Å². The van der Waals surface area contributed by atoms with Crippen molar-refractivity contribution in [2.24, 2.45) is 0 Å². The van der Waals surface area contributed by atoms with Crippen molar-refractivity contribution in [3.8, 4) is 5.75 Å². The standard InChI is InChI=1S/C9H13ClFNOSi/c1-14(2,3)13-9-7(11)4-6(10)5-8(9)12/h4-5H,12H2,1-3H3. The molecular weight excluding hydrogens is 221 g/mol. The topological polar surface area (TPSA) is 35.2 Å². The van der Waals surface area contributed by atoms with Gasteiger partial charge in [-0.1, -0.05) is 11.6 Å². The summed E-state index contributed by atoms with van der Waals surface area (Å²) in [7, 11) is -1.84. The van der Waals surface area contributed by atoms with E-state index < -0.39 is 14.1 Å². The van der Waals surface area contributed by atoms with Gasteiger partial charge in [0.25, 0.3) is 0 Å². The first-order valence-corrected chi connectivity index (χ1v) is 8.02. The highest BCUT2D eigenvalue weighted by Crippen LogP contribution is 2.30. The number of nitrogens with two attached hydrogens (primary N) is 1. The third-order valence-corrected chi connectivity index (χ3v) is 2.48. The lowest BCUT2D eigenvalue weighted by molar-refractivity contribution is 0.498. The van der Waals surface area contributed by atoms with Crippen LogP contribution in [0, 0.1) is 5.82 Å². The first-order valence-electron chi connectivity index (χ1n) is 4.23. The zero-order chi connectivity index (χ0) is 10.9. The molecule has 2 N–H and O–H groups in total. The molecule has 14 heavy (non-hydrogen) atoms. The van der Waals surface area contributed by atoms with Crippen LogP contribution < -0.4 is 10.2 Å². The Bertz CT molecular complexity index is 328. The molecule has 0 radical (unpaired) electrons. The fraction of sp³-hybridized carbons (Fsp3) is 0.333. The number of hydrogen-bond donors (Lipinski definition) is 1. The van der Waals surface area contributed by atoms with E-state index >= 15 is 0 Å². The second-order valence-corrected chi connectivity index (χ2v) is 8.89. The van der Waals surface area contributed by atoms with E-state index in [2.05, 4.69) is 0 Å². The van der Waals surface area contributed by atoms with Gasteiger partial charge in [-0.15, -0.1) is 0 Å². The maximum Gasteiger partial charge on any atom is 0.242 e. The zero-order valence-corrected chi connectivity index (χ0v) is 10.2. The molecule has 0 aromatic heterocycles. The summed E-state index contributed by atoms with van der Waals surface area (Å²) < 4.78 is 18.9. The molecule has 0 saturated heterocycles. The van der Waals surface area contributed by atoms with Gasteiger partial charge in [0.15, 0.2) is 11.6 Å². The first kappa shape index (κ1) is 11.3. The molecule has 0 heterocycles. The van der Waals surface area contributed by atoms with Gasteiger partial charge in [-0.2, -0.15) is 0 Å². The molecule has 0 fully saturated rings. The van der Waals surface area contributed by atoms with Crippen LogP contribution >= 0.6 is 11.6 Å². The lowest BCUT2D eigenvalue weighted by atomic mass is 10.3. The van der Waals surface area contributed by atoms with Crippen molar-refractivity contribution in [3.63, 3.8) is 0 Å². The maximum absolute atomic E-state index is 13.4. The third kappa shape index (κ3) is 2.89. The Morgan fingerprint density at radius 3 is 2.36 bits per heavy atom. The zero-order valence-electron chi connectivity index (χ0n) is 8.40. The second kappa shape index (κ2) is 3.79. The lowest BCUT2D eigenvalue weighted by Crippen LogP contribution is -2.30. The largest absolute Gasteiger partial charge is 0.541 e. The molecule has 1 aromatic carbocycles. The number of rotatable bonds is 2. The smallest absolute Gasteiger partial charge is 0.242 e. The molecule has 78 valence electrons. The Balaban J connectivity index is 3.09. The Hall–Kier alpha value is -0.743. The highest BCUT2D eigenvalue weighted by molar-refractivity contribution is 6.70. The Morgan fingerprint density at radius 2 is 1.93 bits per heavy atom. The second-order valence-electron chi connectivity index (χ2n) is 4.02. The molecule has 0 atom stereocenters. The van der Waals surface area contributed by atoms with Gasteiger partial charge in [-0.05, 0) is 31.8 Å². The summed E-state index contributed by atoms with van der Waals surface area (Å²) in [6, 6.07) is 2.69. The fourth-order valence-corrected chi connectivity index (χ4v) is 2.04. The normalized spacial score (nSPS) is 11.5. The number of nitrogen functional groups attached to an aromatic ring is 1. The summed E-state index contributed by atoms with van der Waals surface area (Å²) in [6.45, 7) is 5.88. The average Bonchev–Trinajstić information content (AvgIpc) is 1.95. The van der Waals surface area contributed by atoms with Crippen LogP contribution in [0.5, 0.6) is 5.75 Å². The van der Waals surface area contributed by atoms with E-state index in [1.54, 1.807) is 0 Å². The van der Waals surface area contributed by atoms with Gasteiger partial charge in [-0.25, -0.2) is 4.39 Å². The fourth-order valence-electron chi connectivity index (χ4n) is 0.994. The van der Waals surface area contributed by atoms with Gasteiger partial charge in [0, 0.05) is 5.02 Å². The predicted octanol–water partition coefficient (Wildman–Crippen LogP) is 3.28. The van der Waals surface area contributed by atoms with Crippen LogP contribution in [0.3, 0.4) is 0 Å². The molecule has 0 spiro atoms. The highest BCUT2D eigenvalue weighted by atomic mass is 35.5. The van der Waals surface area contributed by atoms with Gasteiger partial charge < -0.3 is 10.2 Å². The van der Waals surface area contributed by atoms with Crippen molar-refractivity contribution in [1.82, 2.24) is 0 Å². The van der Waals surface area contributed by atoms with E-state index in [1.165, 1.54) is 12.1 Å². The molecule has 0 bridgehead atoms. The van der Waals surface area contributed by atoms with E-state index in [0.29, 0.717) is 0 Å². The molecule has 1 aromatic rings. The lowest BCUT2D eigenvalue weighted by Gasteiger charge is -2.21. The van der Waals surface area contributed by atoms with Crippen molar-refractivity contribution in [2.75, 3.05) is 5.73 Å². The van der Waals surface area contributed by atoms with Crippen molar-refractivity contribution in [1.29, 1.82) is 0 Å². The van der Waals surface area contributed by atoms with Crippen LogP contribution in [0.15, 0.2) is 12.1 Å². The van der Waals surface area contributed by atoms with Crippen LogP contribution in [0.4, 0.5) is 10.1 Å². The summed E-state index contributed by atoms with van der Waals surface area (Å²) in [4.78, 5) is 0. The Morgan fingerprint density at radius 1 is 1.36 bits per heavy atom. The number of halogens is 2. The van der Waals surface area contributed by atoms with Crippen molar-refractivity contribution >= 4 is 25.6 Å². The van der Waals surface area contributed by atoms with Crippen molar-refractivity contribution < 1.29 is 8.82 Å². The molecule has 2 nitrogen and oxygen atoms in total. The van der Waals surface area contributed by atoms with E-state index in [0.717, 1.165) is 0 Å². The average molecular weight is 234 g/mol. The molecular formula is C9H13ClFNOSi. The molecule has 0 unspecified atom stereocenters. The summed E-state index contributed by atoms with van der Waals surface area (Å²) in [5.41, 5.74) is 5.85. The minimum atomic E-state index is -1.84. The van der Waals surface area contributed by atoms with Crippen LogP contribution in [0.25, 0.3) is 0 Å². The van der Waals surface area contributed by atoms with E-state index in [1.807, 2.05) is 19.6 Å². The summed E-state index contributed by atoms with van der Waals surface area (Å²) in [6.07, 6.45) is 0.